The Labute approximate surface area is 172 Å². The lowest BCUT2D eigenvalue weighted by Gasteiger charge is -2.19. The fraction of sp³-hybridized carbons (Fsp3) is 0.316. The molecule has 0 fully saturated rings. The first-order valence-corrected chi connectivity index (χ1v) is 9.93. The lowest BCUT2D eigenvalue weighted by Crippen LogP contribution is -2.22. The number of fused-ring (bicyclic) bond motifs is 2. The van der Waals surface area contributed by atoms with Crippen LogP contribution in [0.15, 0.2) is 24.3 Å². The molecule has 1 amide bonds. The van der Waals surface area contributed by atoms with Gasteiger partial charge in [0.05, 0.1) is 11.1 Å². The maximum Gasteiger partial charge on any atom is 0.445 e. The van der Waals surface area contributed by atoms with Gasteiger partial charge in [0, 0.05) is 11.1 Å². The van der Waals surface area contributed by atoms with E-state index in [0.29, 0.717) is 22.9 Å². The zero-order valence-electron chi connectivity index (χ0n) is 15.5. The van der Waals surface area contributed by atoms with Crippen LogP contribution in [0.3, 0.4) is 0 Å². The third-order valence-electron chi connectivity index (χ3n) is 4.62. The Bertz CT molecular complexity index is 1130. The highest BCUT2D eigenvalue weighted by atomic mass is 32.1. The number of nitrogens with one attached hydrogen (secondary N) is 1. The van der Waals surface area contributed by atoms with Gasteiger partial charge in [-0.15, -0.1) is 10.2 Å². The Morgan fingerprint density at radius 3 is 2.67 bits per heavy atom. The van der Waals surface area contributed by atoms with Crippen molar-refractivity contribution >= 4 is 39.2 Å². The number of carbonyl (C=O) groups is 2. The van der Waals surface area contributed by atoms with E-state index >= 15 is 0 Å². The van der Waals surface area contributed by atoms with E-state index in [-0.39, 0.29) is 16.5 Å². The summed E-state index contributed by atoms with van der Waals surface area (Å²) >= 11 is 0.191. The number of pyridine rings is 1. The van der Waals surface area contributed by atoms with Crippen molar-refractivity contribution in [3.63, 3.8) is 0 Å². The van der Waals surface area contributed by atoms with Crippen molar-refractivity contribution in [2.75, 3.05) is 11.9 Å². The summed E-state index contributed by atoms with van der Waals surface area (Å²) in [5.41, 5.74) is 2.73. The lowest BCUT2D eigenvalue weighted by atomic mass is 9.90. The molecule has 0 radical (unpaired) electrons. The summed E-state index contributed by atoms with van der Waals surface area (Å²) in [4.78, 5) is 29.5. The molecular weight excluding hydrogens is 421 g/mol. The number of halogens is 3. The number of ether oxygens (including phenoxy) is 1. The van der Waals surface area contributed by atoms with E-state index in [4.69, 9.17) is 4.74 Å². The molecule has 1 aliphatic carbocycles. The van der Waals surface area contributed by atoms with Crippen LogP contribution in [-0.4, -0.2) is 33.7 Å². The van der Waals surface area contributed by atoms with Gasteiger partial charge in [0.2, 0.25) is 10.1 Å². The minimum Gasteiger partial charge on any atom is -0.452 e. The van der Waals surface area contributed by atoms with E-state index < -0.39 is 29.7 Å². The Hall–Kier alpha value is -3.08. The number of carbonyl (C=O) groups excluding carboxylic acids is 2. The van der Waals surface area contributed by atoms with Gasteiger partial charge in [-0.1, -0.05) is 29.5 Å². The number of hydrogen-bond acceptors (Lipinski definition) is 7. The largest absolute Gasteiger partial charge is 0.452 e. The summed E-state index contributed by atoms with van der Waals surface area (Å²) in [6, 6.07) is 7.19. The van der Waals surface area contributed by atoms with E-state index in [1.807, 2.05) is 6.07 Å². The number of nitrogens with zero attached hydrogens (tertiary/aromatic N) is 3. The number of esters is 1. The summed E-state index contributed by atoms with van der Waals surface area (Å²) in [6.07, 6.45) is -1.29. The van der Waals surface area contributed by atoms with Gasteiger partial charge in [0.25, 0.3) is 5.91 Å². The van der Waals surface area contributed by atoms with E-state index in [9.17, 15) is 22.8 Å². The Balaban J connectivity index is 1.50. The van der Waals surface area contributed by atoms with Crippen molar-refractivity contribution in [1.29, 1.82) is 0 Å². The van der Waals surface area contributed by atoms with Crippen LogP contribution in [0.25, 0.3) is 10.9 Å². The van der Waals surface area contributed by atoms with Crippen LogP contribution in [0.1, 0.15) is 39.5 Å². The second-order valence-corrected chi connectivity index (χ2v) is 7.65. The highest BCUT2D eigenvalue weighted by Gasteiger charge is 2.35. The number of aryl methyl sites for hydroxylation is 1. The average molecular weight is 436 g/mol. The first-order chi connectivity index (χ1) is 14.3. The van der Waals surface area contributed by atoms with E-state index in [2.05, 4.69) is 20.5 Å². The Morgan fingerprint density at radius 1 is 1.13 bits per heavy atom. The highest BCUT2D eigenvalue weighted by molar-refractivity contribution is 7.15. The summed E-state index contributed by atoms with van der Waals surface area (Å²) in [7, 11) is 0. The molecule has 7 nitrogen and oxygen atoms in total. The minimum atomic E-state index is -4.64. The molecule has 0 aliphatic heterocycles. The molecule has 1 aromatic carbocycles. The number of anilines is 1. The minimum absolute atomic E-state index is 0.191. The molecule has 30 heavy (non-hydrogen) atoms. The smallest absolute Gasteiger partial charge is 0.445 e. The number of amides is 1. The van der Waals surface area contributed by atoms with Crippen LogP contribution in [-0.2, 0) is 28.5 Å². The van der Waals surface area contributed by atoms with Gasteiger partial charge in [-0.25, -0.2) is 4.79 Å². The molecule has 0 spiro atoms. The maximum absolute atomic E-state index is 12.8. The third kappa shape index (κ3) is 4.11. The number of benzene rings is 1. The second-order valence-electron chi connectivity index (χ2n) is 6.67. The molecule has 156 valence electrons. The van der Waals surface area contributed by atoms with Crippen LogP contribution < -0.4 is 5.32 Å². The number of rotatable bonds is 4. The number of alkyl halides is 3. The molecule has 4 rings (SSSR count). The molecule has 11 heteroatoms. The van der Waals surface area contributed by atoms with Gasteiger partial charge in [-0.3, -0.25) is 15.1 Å². The van der Waals surface area contributed by atoms with Gasteiger partial charge in [0.15, 0.2) is 6.61 Å². The van der Waals surface area contributed by atoms with Gasteiger partial charge >= 0.3 is 12.1 Å². The van der Waals surface area contributed by atoms with Crippen molar-refractivity contribution < 1.29 is 27.5 Å². The van der Waals surface area contributed by atoms with Crippen molar-refractivity contribution in [3.8, 4) is 0 Å². The molecule has 2 aromatic heterocycles. The molecule has 0 bridgehead atoms. The molecule has 0 saturated carbocycles. The first-order valence-electron chi connectivity index (χ1n) is 9.11. The Morgan fingerprint density at radius 2 is 1.90 bits per heavy atom. The zero-order chi connectivity index (χ0) is 21.3. The summed E-state index contributed by atoms with van der Waals surface area (Å²) in [6.45, 7) is -0.662. The topological polar surface area (TPSA) is 94.1 Å². The molecule has 3 aromatic rings. The molecule has 0 saturated heterocycles. The second kappa shape index (κ2) is 7.98. The monoisotopic (exact) mass is 436 g/mol. The van der Waals surface area contributed by atoms with Gasteiger partial charge in [-0.2, -0.15) is 13.2 Å². The van der Waals surface area contributed by atoms with Crippen LogP contribution >= 0.6 is 11.3 Å². The van der Waals surface area contributed by atoms with Crippen LogP contribution in [0, 0.1) is 0 Å². The summed E-state index contributed by atoms with van der Waals surface area (Å²) in [5, 5.41) is 7.55. The zero-order valence-corrected chi connectivity index (χ0v) is 16.3. The lowest BCUT2D eigenvalue weighted by molar-refractivity contribution is -0.138. The van der Waals surface area contributed by atoms with Gasteiger partial charge < -0.3 is 4.74 Å². The van der Waals surface area contributed by atoms with E-state index in [1.54, 1.807) is 18.2 Å². The fourth-order valence-electron chi connectivity index (χ4n) is 3.35. The first kappa shape index (κ1) is 20.2. The molecule has 1 N–H and O–H groups in total. The SMILES string of the molecule is O=C(COC(=O)c1c2c(nc3ccccc13)CCCC2)Nc1nnc(C(F)(F)F)s1. The standard InChI is InChI=1S/C19H15F3N4O3S/c20-19(21,22)17-25-26-18(30-17)24-14(27)9-29-16(28)15-10-5-1-3-7-12(10)23-13-8-4-2-6-11(13)15/h1,3,5,7H,2,4,6,8-9H2,(H,24,26,27). The molecule has 1 aliphatic rings. The van der Waals surface area contributed by atoms with Crippen molar-refractivity contribution in [2.45, 2.75) is 31.9 Å². The van der Waals surface area contributed by atoms with Crippen LogP contribution in [0.4, 0.5) is 18.3 Å². The average Bonchev–Trinajstić information content (AvgIpc) is 3.19. The van der Waals surface area contributed by atoms with Crippen molar-refractivity contribution in [3.05, 3.63) is 46.1 Å². The van der Waals surface area contributed by atoms with Crippen LogP contribution in [0.5, 0.6) is 0 Å². The maximum atomic E-state index is 12.8. The quantitative estimate of drug-likeness (QED) is 0.626. The number of para-hydroxylation sites is 1. The molecule has 0 unspecified atom stereocenters. The van der Waals surface area contributed by atoms with Gasteiger partial charge in [-0.05, 0) is 37.3 Å². The summed E-state index contributed by atoms with van der Waals surface area (Å²) in [5.74, 6) is -1.48. The number of aromatic nitrogens is 3. The normalized spacial score (nSPS) is 13.7. The molecule has 2 heterocycles. The Kier molecular flexibility index (Phi) is 5.37. The van der Waals surface area contributed by atoms with Crippen molar-refractivity contribution in [1.82, 2.24) is 15.2 Å². The summed E-state index contributed by atoms with van der Waals surface area (Å²) < 4.78 is 42.9. The highest BCUT2D eigenvalue weighted by Crippen LogP contribution is 2.33. The van der Waals surface area contributed by atoms with Gasteiger partial charge in [0.1, 0.15) is 0 Å². The van der Waals surface area contributed by atoms with Crippen LogP contribution in [0.2, 0.25) is 0 Å². The molecular formula is C19H15F3N4O3S. The number of hydrogen-bond donors (Lipinski definition) is 1. The third-order valence-corrected chi connectivity index (χ3v) is 5.51. The molecule has 0 atom stereocenters. The fourth-order valence-corrected chi connectivity index (χ4v) is 3.98. The predicted octanol–water partition coefficient (Wildman–Crippen LogP) is 3.78. The van der Waals surface area contributed by atoms with E-state index in [0.717, 1.165) is 30.5 Å². The van der Waals surface area contributed by atoms with Crippen molar-refractivity contribution in [2.24, 2.45) is 0 Å². The predicted molar refractivity (Wildman–Crippen MR) is 102 cm³/mol. The van der Waals surface area contributed by atoms with E-state index in [1.165, 1.54) is 0 Å².